The van der Waals surface area contributed by atoms with Crippen molar-refractivity contribution in [2.75, 3.05) is 13.1 Å². The summed E-state index contributed by atoms with van der Waals surface area (Å²) in [5, 5.41) is 0. The number of ether oxygens (including phenoxy) is 1. The molecule has 136 valence electrons. The first-order valence-electron chi connectivity index (χ1n) is 8.99. The summed E-state index contributed by atoms with van der Waals surface area (Å²) in [5.74, 6) is 0.0440. The lowest BCUT2D eigenvalue weighted by atomic mass is 9.79. The van der Waals surface area contributed by atoms with E-state index in [-0.39, 0.29) is 29.3 Å². The van der Waals surface area contributed by atoms with Crippen LogP contribution in [0.25, 0.3) is 0 Å². The van der Waals surface area contributed by atoms with E-state index in [9.17, 15) is 4.79 Å². The molecule has 0 aliphatic carbocycles. The maximum atomic E-state index is 12.7. The monoisotopic (exact) mass is 345 g/mol. The van der Waals surface area contributed by atoms with Crippen molar-refractivity contribution in [1.82, 2.24) is 4.90 Å². The second-order valence-electron chi connectivity index (χ2n) is 8.18. The van der Waals surface area contributed by atoms with Gasteiger partial charge in [0.25, 0.3) is 5.91 Å². The highest BCUT2D eigenvalue weighted by molar-refractivity contribution is 6.62. The van der Waals surface area contributed by atoms with Crippen molar-refractivity contribution >= 4 is 18.5 Å². The Morgan fingerprint density at radius 2 is 1.48 bits per heavy atom. The Labute approximate surface area is 150 Å². The lowest BCUT2D eigenvalue weighted by Crippen LogP contribution is -2.48. The molecule has 1 aromatic rings. The van der Waals surface area contributed by atoms with Crippen molar-refractivity contribution in [3.8, 4) is 0 Å². The zero-order valence-corrected chi connectivity index (χ0v) is 16.0. The molecule has 0 saturated carbocycles. The third-order valence-electron chi connectivity index (χ3n) is 5.39. The molecule has 2 aliphatic rings. The van der Waals surface area contributed by atoms with Gasteiger partial charge in [-0.3, -0.25) is 4.79 Å². The standard InChI is InChI=1S/C19H28BNO4/c1-13-11-21(12-14(2)23-13)17(22)15-7-9-16(10-8-15)20-24-18(3,4)19(5,6)25-20/h7-10,13-14H,11-12H2,1-6H3/t13-,14+. The summed E-state index contributed by atoms with van der Waals surface area (Å²) in [7, 11) is -0.405. The maximum absolute atomic E-state index is 12.7. The van der Waals surface area contributed by atoms with Crippen LogP contribution < -0.4 is 5.46 Å². The van der Waals surface area contributed by atoms with Gasteiger partial charge in [0.2, 0.25) is 0 Å². The predicted molar refractivity (Wildman–Crippen MR) is 98.1 cm³/mol. The Morgan fingerprint density at radius 3 is 1.96 bits per heavy atom. The van der Waals surface area contributed by atoms with Crippen LogP contribution in [0, 0.1) is 0 Å². The molecule has 2 atom stereocenters. The van der Waals surface area contributed by atoms with Crippen LogP contribution in [0.3, 0.4) is 0 Å². The number of benzene rings is 1. The summed E-state index contributed by atoms with van der Waals surface area (Å²) in [6.45, 7) is 13.4. The van der Waals surface area contributed by atoms with Gasteiger partial charge in [-0.15, -0.1) is 0 Å². The Balaban J connectivity index is 1.72. The summed E-state index contributed by atoms with van der Waals surface area (Å²) < 4.78 is 17.8. The van der Waals surface area contributed by atoms with Crippen LogP contribution in [-0.4, -0.2) is 54.4 Å². The Morgan fingerprint density at radius 1 is 1.00 bits per heavy atom. The van der Waals surface area contributed by atoms with Gasteiger partial charge < -0.3 is 18.9 Å². The van der Waals surface area contributed by atoms with Crippen LogP contribution in [0.1, 0.15) is 51.9 Å². The second-order valence-corrected chi connectivity index (χ2v) is 8.18. The summed E-state index contributed by atoms with van der Waals surface area (Å²) >= 11 is 0. The van der Waals surface area contributed by atoms with E-state index in [1.807, 2.05) is 70.7 Å². The average Bonchev–Trinajstić information content (AvgIpc) is 2.74. The van der Waals surface area contributed by atoms with Gasteiger partial charge >= 0.3 is 7.12 Å². The van der Waals surface area contributed by atoms with Crippen LogP contribution in [-0.2, 0) is 14.0 Å². The Bertz CT molecular complexity index is 617. The van der Waals surface area contributed by atoms with Gasteiger partial charge in [-0.1, -0.05) is 12.1 Å². The highest BCUT2D eigenvalue weighted by Gasteiger charge is 2.51. The third kappa shape index (κ3) is 3.61. The molecule has 6 heteroatoms. The molecule has 1 aromatic carbocycles. The molecule has 2 fully saturated rings. The van der Waals surface area contributed by atoms with E-state index >= 15 is 0 Å². The Hall–Kier alpha value is -1.37. The summed E-state index contributed by atoms with van der Waals surface area (Å²) in [6.07, 6.45) is 0.133. The number of hydrogen-bond acceptors (Lipinski definition) is 4. The molecular formula is C19H28BNO4. The minimum atomic E-state index is -0.405. The summed E-state index contributed by atoms with van der Waals surface area (Å²) in [5.41, 5.74) is 0.874. The van der Waals surface area contributed by atoms with Gasteiger partial charge in [0.15, 0.2) is 0 Å². The SMILES string of the molecule is C[C@@H]1CN(C(=O)c2ccc(B3OC(C)(C)C(C)(C)O3)cc2)C[C@H](C)O1. The fraction of sp³-hybridized carbons (Fsp3) is 0.632. The van der Waals surface area contributed by atoms with Gasteiger partial charge in [0, 0.05) is 18.7 Å². The molecule has 2 heterocycles. The van der Waals surface area contributed by atoms with Crippen LogP contribution >= 0.6 is 0 Å². The largest absolute Gasteiger partial charge is 0.494 e. The van der Waals surface area contributed by atoms with E-state index in [0.717, 1.165) is 5.46 Å². The number of morpholine rings is 1. The van der Waals surface area contributed by atoms with Gasteiger partial charge in [-0.05, 0) is 59.1 Å². The number of rotatable bonds is 2. The zero-order chi connectivity index (χ0) is 18.4. The molecule has 0 spiro atoms. The fourth-order valence-electron chi connectivity index (χ4n) is 3.29. The van der Waals surface area contributed by atoms with E-state index in [0.29, 0.717) is 18.7 Å². The summed E-state index contributed by atoms with van der Waals surface area (Å²) in [4.78, 5) is 14.6. The van der Waals surface area contributed by atoms with Crippen molar-refractivity contribution in [2.45, 2.75) is 65.0 Å². The zero-order valence-electron chi connectivity index (χ0n) is 16.0. The number of carbonyl (C=O) groups is 1. The molecule has 0 radical (unpaired) electrons. The molecule has 2 aliphatic heterocycles. The minimum absolute atomic E-state index is 0.0440. The van der Waals surface area contributed by atoms with Gasteiger partial charge in [-0.25, -0.2) is 0 Å². The quantitative estimate of drug-likeness (QED) is 0.772. The van der Waals surface area contributed by atoms with Crippen LogP contribution in [0.5, 0.6) is 0 Å². The predicted octanol–water partition coefficient (Wildman–Crippen LogP) is 2.24. The fourth-order valence-corrected chi connectivity index (χ4v) is 3.29. The summed E-state index contributed by atoms with van der Waals surface area (Å²) in [6, 6.07) is 7.55. The molecule has 0 N–H and O–H groups in total. The molecule has 2 saturated heterocycles. The highest BCUT2D eigenvalue weighted by atomic mass is 16.7. The van der Waals surface area contributed by atoms with Crippen molar-refractivity contribution in [3.63, 3.8) is 0 Å². The van der Waals surface area contributed by atoms with E-state index in [1.54, 1.807) is 0 Å². The average molecular weight is 345 g/mol. The Kier molecular flexibility index (Phi) is 4.73. The van der Waals surface area contributed by atoms with Crippen molar-refractivity contribution in [1.29, 1.82) is 0 Å². The van der Waals surface area contributed by atoms with E-state index in [2.05, 4.69) is 0 Å². The minimum Gasteiger partial charge on any atom is -0.399 e. The van der Waals surface area contributed by atoms with E-state index < -0.39 is 7.12 Å². The van der Waals surface area contributed by atoms with Crippen LogP contribution in [0.4, 0.5) is 0 Å². The van der Waals surface area contributed by atoms with Gasteiger partial charge in [-0.2, -0.15) is 0 Å². The molecule has 0 aromatic heterocycles. The van der Waals surface area contributed by atoms with Gasteiger partial charge in [0.05, 0.1) is 23.4 Å². The topological polar surface area (TPSA) is 48.0 Å². The number of hydrogen-bond donors (Lipinski definition) is 0. The second kappa shape index (κ2) is 6.42. The number of nitrogens with zero attached hydrogens (tertiary/aromatic N) is 1. The first-order valence-corrected chi connectivity index (χ1v) is 8.99. The number of carbonyl (C=O) groups excluding carboxylic acids is 1. The smallest absolute Gasteiger partial charge is 0.399 e. The maximum Gasteiger partial charge on any atom is 0.494 e. The molecule has 1 amide bonds. The molecule has 0 bridgehead atoms. The van der Waals surface area contributed by atoms with Gasteiger partial charge in [0.1, 0.15) is 0 Å². The molecule has 3 rings (SSSR count). The lowest BCUT2D eigenvalue weighted by molar-refractivity contribution is -0.0586. The van der Waals surface area contributed by atoms with Crippen molar-refractivity contribution < 1.29 is 18.8 Å². The first kappa shape index (κ1) is 18.4. The molecule has 0 unspecified atom stereocenters. The third-order valence-corrected chi connectivity index (χ3v) is 5.39. The van der Waals surface area contributed by atoms with Crippen molar-refractivity contribution in [3.05, 3.63) is 29.8 Å². The lowest BCUT2D eigenvalue weighted by Gasteiger charge is -2.35. The molecular weight excluding hydrogens is 317 g/mol. The van der Waals surface area contributed by atoms with Crippen LogP contribution in [0.2, 0.25) is 0 Å². The van der Waals surface area contributed by atoms with Crippen LogP contribution in [0.15, 0.2) is 24.3 Å². The molecule has 5 nitrogen and oxygen atoms in total. The first-order chi connectivity index (χ1) is 11.6. The number of amides is 1. The van der Waals surface area contributed by atoms with E-state index in [4.69, 9.17) is 14.0 Å². The van der Waals surface area contributed by atoms with E-state index in [1.165, 1.54) is 0 Å². The highest BCUT2D eigenvalue weighted by Crippen LogP contribution is 2.36. The van der Waals surface area contributed by atoms with Crippen molar-refractivity contribution in [2.24, 2.45) is 0 Å². The molecule has 25 heavy (non-hydrogen) atoms. The normalized spacial score (nSPS) is 28.2.